The second-order valence-corrected chi connectivity index (χ2v) is 4.16. The lowest BCUT2D eigenvalue weighted by Gasteiger charge is -2.02. The normalized spacial score (nSPS) is 10.4. The summed E-state index contributed by atoms with van der Waals surface area (Å²) >= 11 is 0. The number of para-hydroxylation sites is 1. The summed E-state index contributed by atoms with van der Waals surface area (Å²) in [5.74, 6) is -0.112. The first kappa shape index (κ1) is 15.2. The van der Waals surface area contributed by atoms with Gasteiger partial charge >= 0.3 is 5.97 Å². The van der Waals surface area contributed by atoms with Crippen molar-refractivity contribution in [3.8, 4) is 5.75 Å². The zero-order valence-electron chi connectivity index (χ0n) is 11.6. The van der Waals surface area contributed by atoms with Crippen LogP contribution in [0.2, 0.25) is 0 Å². The topological polar surface area (TPSA) is 91.0 Å². The quantitative estimate of drug-likeness (QED) is 0.366. The minimum atomic E-state index is -0.707. The van der Waals surface area contributed by atoms with E-state index in [1.165, 1.54) is 37.6 Å². The summed E-state index contributed by atoms with van der Waals surface area (Å²) < 4.78 is 5.13. The molecule has 0 saturated heterocycles. The van der Waals surface area contributed by atoms with Crippen LogP contribution in [-0.2, 0) is 4.84 Å². The lowest BCUT2D eigenvalue weighted by atomic mass is 10.2. The Bertz CT molecular complexity index is 710. The lowest BCUT2D eigenvalue weighted by Crippen LogP contribution is -2.01. The zero-order valence-corrected chi connectivity index (χ0v) is 11.6. The van der Waals surface area contributed by atoms with E-state index < -0.39 is 10.9 Å². The van der Waals surface area contributed by atoms with Crippen molar-refractivity contribution in [1.82, 2.24) is 0 Å². The minimum Gasteiger partial charge on any atom is -0.496 e. The van der Waals surface area contributed by atoms with Gasteiger partial charge in [0.15, 0.2) is 0 Å². The van der Waals surface area contributed by atoms with Gasteiger partial charge in [0.25, 0.3) is 5.69 Å². The van der Waals surface area contributed by atoms with Crippen LogP contribution in [0.25, 0.3) is 0 Å². The Labute approximate surface area is 125 Å². The first-order chi connectivity index (χ1) is 10.6. The number of ether oxygens (including phenoxy) is 1. The van der Waals surface area contributed by atoms with Crippen molar-refractivity contribution in [3.63, 3.8) is 0 Å². The first-order valence-electron chi connectivity index (χ1n) is 6.24. The number of rotatable bonds is 5. The standard InChI is InChI=1S/C15H12N2O5/c1-21-14-5-3-2-4-12(14)10-16-22-15(18)11-6-8-13(9-7-11)17(19)20/h2-10H,1H3/b16-10+. The number of nitrogens with zero attached hydrogens (tertiary/aromatic N) is 2. The first-order valence-corrected chi connectivity index (χ1v) is 6.24. The van der Waals surface area contributed by atoms with Crippen molar-refractivity contribution in [2.24, 2.45) is 5.16 Å². The number of nitro groups is 1. The van der Waals surface area contributed by atoms with Crippen molar-refractivity contribution in [3.05, 3.63) is 69.8 Å². The molecule has 0 aliphatic carbocycles. The van der Waals surface area contributed by atoms with Crippen molar-refractivity contribution in [2.45, 2.75) is 0 Å². The van der Waals surface area contributed by atoms with E-state index in [0.29, 0.717) is 11.3 Å². The van der Waals surface area contributed by atoms with Crippen molar-refractivity contribution >= 4 is 17.9 Å². The Morgan fingerprint density at radius 3 is 2.50 bits per heavy atom. The van der Waals surface area contributed by atoms with Gasteiger partial charge in [-0.2, -0.15) is 0 Å². The number of hydrogen-bond donors (Lipinski definition) is 0. The van der Waals surface area contributed by atoms with Gasteiger partial charge in [-0.15, -0.1) is 0 Å². The number of carbonyl (C=O) groups is 1. The van der Waals surface area contributed by atoms with Crippen LogP contribution in [0, 0.1) is 10.1 Å². The van der Waals surface area contributed by atoms with Crippen molar-refractivity contribution in [1.29, 1.82) is 0 Å². The van der Waals surface area contributed by atoms with Gasteiger partial charge < -0.3 is 9.57 Å². The van der Waals surface area contributed by atoms with Crippen LogP contribution in [-0.4, -0.2) is 24.2 Å². The van der Waals surface area contributed by atoms with Crippen LogP contribution >= 0.6 is 0 Å². The van der Waals surface area contributed by atoms with E-state index in [0.717, 1.165) is 0 Å². The number of oxime groups is 1. The highest BCUT2D eigenvalue weighted by Crippen LogP contribution is 2.15. The summed E-state index contributed by atoms with van der Waals surface area (Å²) in [6, 6.07) is 12.2. The van der Waals surface area contributed by atoms with Crippen LogP contribution in [0.15, 0.2) is 53.7 Å². The van der Waals surface area contributed by atoms with E-state index in [9.17, 15) is 14.9 Å². The van der Waals surface area contributed by atoms with Gasteiger partial charge in [0, 0.05) is 17.7 Å². The maximum absolute atomic E-state index is 11.7. The molecule has 0 spiro atoms. The second-order valence-electron chi connectivity index (χ2n) is 4.16. The average molecular weight is 300 g/mol. The van der Waals surface area contributed by atoms with Crippen LogP contribution in [0.4, 0.5) is 5.69 Å². The number of hydrogen-bond acceptors (Lipinski definition) is 6. The average Bonchev–Trinajstić information content (AvgIpc) is 2.55. The van der Waals surface area contributed by atoms with Gasteiger partial charge in [0.1, 0.15) is 5.75 Å². The SMILES string of the molecule is COc1ccccc1/C=N/OC(=O)c1ccc([N+](=O)[O-])cc1. The molecule has 0 fully saturated rings. The van der Waals surface area contributed by atoms with E-state index in [2.05, 4.69) is 5.16 Å². The maximum Gasteiger partial charge on any atom is 0.365 e. The molecule has 0 bridgehead atoms. The number of benzene rings is 2. The third kappa shape index (κ3) is 3.66. The van der Waals surface area contributed by atoms with Crippen molar-refractivity contribution < 1.29 is 19.3 Å². The molecule has 0 aromatic heterocycles. The highest BCUT2D eigenvalue weighted by Gasteiger charge is 2.10. The molecule has 112 valence electrons. The third-order valence-corrected chi connectivity index (χ3v) is 2.78. The second kappa shape index (κ2) is 6.98. The molecule has 2 aromatic rings. The fraction of sp³-hybridized carbons (Fsp3) is 0.0667. The van der Waals surface area contributed by atoms with Crippen LogP contribution in [0.5, 0.6) is 5.75 Å². The van der Waals surface area contributed by atoms with Gasteiger partial charge in [0.2, 0.25) is 0 Å². The molecule has 0 amide bonds. The molecular weight excluding hydrogens is 288 g/mol. The van der Waals surface area contributed by atoms with Gasteiger partial charge in [-0.25, -0.2) is 4.79 Å². The third-order valence-electron chi connectivity index (χ3n) is 2.78. The van der Waals surface area contributed by atoms with Gasteiger partial charge in [-0.1, -0.05) is 17.3 Å². The maximum atomic E-state index is 11.7. The Morgan fingerprint density at radius 1 is 1.18 bits per heavy atom. The van der Waals surface area contributed by atoms with Gasteiger partial charge in [-0.05, 0) is 24.3 Å². The Hall–Kier alpha value is -3.22. The van der Waals surface area contributed by atoms with Gasteiger partial charge in [0.05, 0.1) is 23.8 Å². The van der Waals surface area contributed by atoms with E-state index in [1.807, 2.05) is 0 Å². The highest BCUT2D eigenvalue weighted by atomic mass is 16.7. The molecule has 0 N–H and O–H groups in total. The molecule has 7 nitrogen and oxygen atoms in total. The fourth-order valence-electron chi connectivity index (χ4n) is 1.68. The Balaban J connectivity index is 2.03. The van der Waals surface area contributed by atoms with E-state index >= 15 is 0 Å². The van der Waals surface area contributed by atoms with E-state index in [4.69, 9.17) is 9.57 Å². The molecule has 0 aliphatic rings. The van der Waals surface area contributed by atoms with Crippen molar-refractivity contribution in [2.75, 3.05) is 7.11 Å². The predicted octanol–water partition coefficient (Wildman–Crippen LogP) is 2.79. The van der Waals surface area contributed by atoms with Crippen LogP contribution in [0.1, 0.15) is 15.9 Å². The summed E-state index contributed by atoms with van der Waals surface area (Å²) in [6.07, 6.45) is 1.35. The molecule has 0 unspecified atom stereocenters. The molecule has 22 heavy (non-hydrogen) atoms. The molecule has 0 saturated carbocycles. The van der Waals surface area contributed by atoms with Crippen LogP contribution < -0.4 is 4.74 Å². The summed E-state index contributed by atoms with van der Waals surface area (Å²) in [5, 5.41) is 14.1. The molecule has 0 atom stereocenters. The Kier molecular flexibility index (Phi) is 4.81. The summed E-state index contributed by atoms with van der Waals surface area (Å²) in [7, 11) is 1.52. The summed E-state index contributed by atoms with van der Waals surface area (Å²) in [4.78, 5) is 26.4. The molecule has 2 rings (SSSR count). The Morgan fingerprint density at radius 2 is 1.86 bits per heavy atom. The number of methoxy groups -OCH3 is 1. The smallest absolute Gasteiger partial charge is 0.365 e. The summed E-state index contributed by atoms with van der Waals surface area (Å²) in [6.45, 7) is 0. The molecule has 2 aromatic carbocycles. The van der Waals surface area contributed by atoms with Gasteiger partial charge in [-0.3, -0.25) is 10.1 Å². The zero-order chi connectivity index (χ0) is 15.9. The van der Waals surface area contributed by atoms with E-state index in [-0.39, 0.29) is 11.3 Å². The highest BCUT2D eigenvalue weighted by molar-refractivity contribution is 5.90. The van der Waals surface area contributed by atoms with E-state index in [1.54, 1.807) is 24.3 Å². The number of non-ortho nitro benzene ring substituents is 1. The molecule has 7 heteroatoms. The number of nitro benzene ring substituents is 1. The van der Waals surface area contributed by atoms with Crippen LogP contribution in [0.3, 0.4) is 0 Å². The monoisotopic (exact) mass is 300 g/mol. The minimum absolute atomic E-state index is 0.103. The summed E-state index contributed by atoms with van der Waals surface area (Å²) in [5.41, 5.74) is 0.721. The number of carbonyl (C=O) groups excluding carboxylic acids is 1. The fourth-order valence-corrected chi connectivity index (χ4v) is 1.68. The molecule has 0 radical (unpaired) electrons. The lowest BCUT2D eigenvalue weighted by molar-refractivity contribution is -0.384. The molecule has 0 aliphatic heterocycles. The molecular formula is C15H12N2O5. The predicted molar refractivity (Wildman–Crippen MR) is 79.1 cm³/mol. The molecule has 0 heterocycles. The largest absolute Gasteiger partial charge is 0.496 e.